The maximum atomic E-state index is 12.1. The molecule has 7 nitrogen and oxygen atoms in total. The van der Waals surface area contributed by atoms with E-state index in [1.807, 2.05) is 50.2 Å². The van der Waals surface area contributed by atoms with E-state index in [9.17, 15) is 4.79 Å². The first-order valence-electron chi connectivity index (χ1n) is 8.25. The Morgan fingerprint density at radius 2 is 2.12 bits per heavy atom. The molecule has 2 N–H and O–H groups in total. The first kappa shape index (κ1) is 16.0. The lowest BCUT2D eigenvalue weighted by molar-refractivity contribution is -0.112. The van der Waals surface area contributed by atoms with Gasteiger partial charge in [-0.25, -0.2) is 5.01 Å². The number of anilines is 3. The molecule has 0 saturated heterocycles. The van der Waals surface area contributed by atoms with Gasteiger partial charge in [0.15, 0.2) is 6.29 Å². The van der Waals surface area contributed by atoms with Crippen LogP contribution in [0.2, 0.25) is 0 Å². The minimum Gasteiger partial charge on any atom is -0.339 e. The summed E-state index contributed by atoms with van der Waals surface area (Å²) in [4.78, 5) is 16.4. The van der Waals surface area contributed by atoms with Crippen LogP contribution in [0.15, 0.2) is 53.9 Å². The monoisotopic (exact) mass is 346 g/mol. The summed E-state index contributed by atoms with van der Waals surface area (Å²) in [6.45, 7) is 3.76. The molecule has 26 heavy (non-hydrogen) atoms. The lowest BCUT2D eigenvalue weighted by atomic mass is 9.87. The minimum atomic E-state index is -0.936. The Bertz CT molecular complexity index is 995. The van der Waals surface area contributed by atoms with Crippen LogP contribution in [0.1, 0.15) is 23.7 Å². The Kier molecular flexibility index (Phi) is 3.76. The zero-order valence-corrected chi connectivity index (χ0v) is 14.5. The maximum Gasteiger partial charge on any atom is 0.151 e. The first-order valence-corrected chi connectivity index (χ1v) is 8.25. The van der Waals surface area contributed by atoms with Crippen molar-refractivity contribution in [2.24, 2.45) is 5.10 Å². The standard InChI is InChI=1S/C19H18N6O/c1-13-9-18(24-23-13)22-16-7-8-20-11-17(16)25-19(2,12-26)15-6-4-3-5-14(15)10-21-25/h3-12H,1-2H3,(H2,20,22,23,24). The molecule has 1 aromatic carbocycles. The van der Waals surface area contributed by atoms with Gasteiger partial charge in [0, 0.05) is 17.8 Å². The largest absolute Gasteiger partial charge is 0.339 e. The molecule has 7 heteroatoms. The molecule has 0 aliphatic carbocycles. The van der Waals surface area contributed by atoms with E-state index in [1.165, 1.54) is 0 Å². The third kappa shape index (κ3) is 2.54. The van der Waals surface area contributed by atoms with Crippen LogP contribution in [-0.4, -0.2) is 27.7 Å². The highest BCUT2D eigenvalue weighted by Crippen LogP contribution is 2.39. The SMILES string of the molecule is Cc1cc(Nc2ccncc2N2N=Cc3ccccc3C2(C)C=O)[nH]n1. The van der Waals surface area contributed by atoms with Crippen LogP contribution in [0.25, 0.3) is 0 Å². The van der Waals surface area contributed by atoms with Gasteiger partial charge < -0.3 is 10.1 Å². The second-order valence-corrected chi connectivity index (χ2v) is 6.35. The van der Waals surface area contributed by atoms with Gasteiger partial charge in [0.2, 0.25) is 0 Å². The molecule has 1 aliphatic heterocycles. The van der Waals surface area contributed by atoms with Gasteiger partial charge in [-0.05, 0) is 25.5 Å². The fourth-order valence-corrected chi connectivity index (χ4v) is 3.14. The number of pyridine rings is 1. The number of hydrogen-bond acceptors (Lipinski definition) is 6. The summed E-state index contributed by atoms with van der Waals surface area (Å²) in [7, 11) is 0. The van der Waals surface area contributed by atoms with E-state index >= 15 is 0 Å². The van der Waals surface area contributed by atoms with E-state index in [2.05, 4.69) is 25.6 Å². The Hall–Kier alpha value is -3.48. The minimum absolute atomic E-state index is 0.695. The predicted molar refractivity (Wildman–Crippen MR) is 101 cm³/mol. The van der Waals surface area contributed by atoms with Crippen molar-refractivity contribution >= 4 is 29.7 Å². The van der Waals surface area contributed by atoms with E-state index in [0.717, 1.165) is 34.6 Å². The van der Waals surface area contributed by atoms with Gasteiger partial charge in [-0.1, -0.05) is 24.3 Å². The van der Waals surface area contributed by atoms with Gasteiger partial charge in [-0.15, -0.1) is 0 Å². The molecular weight excluding hydrogens is 328 g/mol. The number of carbonyl (C=O) groups is 1. The van der Waals surface area contributed by atoms with Crippen molar-refractivity contribution in [1.82, 2.24) is 15.2 Å². The highest BCUT2D eigenvalue weighted by atomic mass is 16.1. The molecule has 0 spiro atoms. The zero-order chi connectivity index (χ0) is 18.1. The third-order valence-corrected chi connectivity index (χ3v) is 4.49. The van der Waals surface area contributed by atoms with Crippen LogP contribution >= 0.6 is 0 Å². The van der Waals surface area contributed by atoms with Crippen molar-refractivity contribution in [1.29, 1.82) is 0 Å². The number of H-pyrrole nitrogens is 1. The maximum absolute atomic E-state index is 12.1. The number of aryl methyl sites for hydroxylation is 1. The van der Waals surface area contributed by atoms with Crippen LogP contribution in [0, 0.1) is 6.92 Å². The molecule has 0 amide bonds. The van der Waals surface area contributed by atoms with Crippen LogP contribution in [0.3, 0.4) is 0 Å². The van der Waals surface area contributed by atoms with Crippen molar-refractivity contribution in [3.8, 4) is 0 Å². The molecule has 130 valence electrons. The van der Waals surface area contributed by atoms with E-state index in [1.54, 1.807) is 23.6 Å². The van der Waals surface area contributed by atoms with Crippen molar-refractivity contribution in [2.45, 2.75) is 19.4 Å². The quantitative estimate of drug-likeness (QED) is 0.709. The Labute approximate surface area is 150 Å². The van der Waals surface area contributed by atoms with E-state index in [-0.39, 0.29) is 0 Å². The number of nitrogens with zero attached hydrogens (tertiary/aromatic N) is 4. The summed E-state index contributed by atoms with van der Waals surface area (Å²) in [5, 5.41) is 16.6. The highest BCUT2D eigenvalue weighted by Gasteiger charge is 2.39. The highest BCUT2D eigenvalue weighted by molar-refractivity contribution is 5.92. The summed E-state index contributed by atoms with van der Waals surface area (Å²) in [6, 6.07) is 11.5. The van der Waals surface area contributed by atoms with Crippen molar-refractivity contribution in [3.63, 3.8) is 0 Å². The van der Waals surface area contributed by atoms with Crippen molar-refractivity contribution in [3.05, 3.63) is 65.6 Å². The van der Waals surface area contributed by atoms with E-state index in [0.29, 0.717) is 5.69 Å². The Morgan fingerprint density at radius 1 is 1.27 bits per heavy atom. The number of carbonyl (C=O) groups excluding carboxylic acids is 1. The van der Waals surface area contributed by atoms with Gasteiger partial charge in [0.25, 0.3) is 0 Å². The molecule has 3 aromatic rings. The third-order valence-electron chi connectivity index (χ3n) is 4.49. The van der Waals surface area contributed by atoms with Crippen LogP contribution < -0.4 is 10.3 Å². The molecule has 1 unspecified atom stereocenters. The second kappa shape index (κ2) is 6.11. The number of benzene rings is 1. The summed E-state index contributed by atoms with van der Waals surface area (Å²) >= 11 is 0. The average molecular weight is 346 g/mol. The molecule has 0 saturated carbocycles. The zero-order valence-electron chi connectivity index (χ0n) is 14.5. The molecule has 4 rings (SSSR count). The number of nitrogens with one attached hydrogen (secondary N) is 2. The normalized spacial score (nSPS) is 18.5. The molecule has 0 fully saturated rings. The fourth-order valence-electron chi connectivity index (χ4n) is 3.14. The molecule has 0 radical (unpaired) electrons. The van der Waals surface area contributed by atoms with Gasteiger partial charge in [-0.2, -0.15) is 10.2 Å². The van der Waals surface area contributed by atoms with Crippen LogP contribution in [0.5, 0.6) is 0 Å². The lowest BCUT2D eigenvalue weighted by Crippen LogP contribution is -2.45. The van der Waals surface area contributed by atoms with Crippen molar-refractivity contribution in [2.75, 3.05) is 10.3 Å². The van der Waals surface area contributed by atoms with Gasteiger partial charge in [0.1, 0.15) is 17.0 Å². The van der Waals surface area contributed by atoms with Gasteiger partial charge >= 0.3 is 0 Å². The Balaban J connectivity index is 1.80. The molecule has 1 aliphatic rings. The number of fused-ring (bicyclic) bond motifs is 1. The summed E-state index contributed by atoms with van der Waals surface area (Å²) in [5.74, 6) is 0.754. The number of aldehydes is 1. The molecule has 0 bridgehead atoms. The van der Waals surface area contributed by atoms with Gasteiger partial charge in [0.05, 0.1) is 23.8 Å². The number of hydrogen-bond donors (Lipinski definition) is 2. The number of aromatic amines is 1. The number of hydrazone groups is 1. The predicted octanol–water partition coefficient (Wildman–Crippen LogP) is 3.12. The fraction of sp³-hybridized carbons (Fsp3) is 0.158. The number of rotatable bonds is 4. The molecule has 1 atom stereocenters. The van der Waals surface area contributed by atoms with E-state index < -0.39 is 5.54 Å². The molecule has 3 heterocycles. The second-order valence-electron chi connectivity index (χ2n) is 6.35. The summed E-state index contributed by atoms with van der Waals surface area (Å²) < 4.78 is 0. The first-order chi connectivity index (χ1) is 12.6. The van der Waals surface area contributed by atoms with E-state index in [4.69, 9.17) is 0 Å². The number of aromatic nitrogens is 3. The lowest BCUT2D eigenvalue weighted by Gasteiger charge is -2.39. The summed E-state index contributed by atoms with van der Waals surface area (Å²) in [5.41, 5.74) is 3.24. The molecule has 2 aromatic heterocycles. The van der Waals surface area contributed by atoms with Crippen LogP contribution in [-0.2, 0) is 10.3 Å². The summed E-state index contributed by atoms with van der Waals surface area (Å²) in [6.07, 6.45) is 6.06. The smallest absolute Gasteiger partial charge is 0.151 e. The topological polar surface area (TPSA) is 86.3 Å². The van der Waals surface area contributed by atoms with Crippen molar-refractivity contribution < 1.29 is 4.79 Å². The average Bonchev–Trinajstić information content (AvgIpc) is 3.08. The Morgan fingerprint density at radius 3 is 2.88 bits per heavy atom. The molecular formula is C19H18N6O. The van der Waals surface area contributed by atoms with Gasteiger partial charge in [-0.3, -0.25) is 10.1 Å². The van der Waals surface area contributed by atoms with Crippen LogP contribution in [0.4, 0.5) is 17.2 Å².